The molecular weight excluding hydrogens is 1700 g/mol. The van der Waals surface area contributed by atoms with E-state index in [0.29, 0.717) is 93.6 Å². The zero-order chi connectivity index (χ0) is 94.5. The molecule has 8 heterocycles. The largest absolute Gasteiger partial charge is 0.507 e. The molecule has 700 valence electrons. The summed E-state index contributed by atoms with van der Waals surface area (Å²) in [6.45, 7) is 17.6. The van der Waals surface area contributed by atoms with Crippen LogP contribution >= 0.6 is 0 Å². The summed E-state index contributed by atoms with van der Waals surface area (Å²) in [7, 11) is 2.81. The average Bonchev–Trinajstić information content (AvgIpc) is 1.56. The molecule has 5 aromatic rings. The number of primary amides is 1. The normalized spacial score (nSPS) is 22.3. The zero-order valence-corrected chi connectivity index (χ0v) is 75.4. The Bertz CT molecular complexity index is 5810. The molecule has 5 bridgehead atoms. The van der Waals surface area contributed by atoms with E-state index >= 15 is 14.0 Å². The van der Waals surface area contributed by atoms with Crippen LogP contribution in [0.25, 0.3) is 44.2 Å². The molecule has 131 heavy (non-hydrogen) atoms. The second-order valence-electron chi connectivity index (χ2n) is 35.4. The number of nitrogens with one attached hydrogen (secondary N) is 6. The summed E-state index contributed by atoms with van der Waals surface area (Å²) in [6.07, 6.45) is 12.3. The van der Waals surface area contributed by atoms with Crippen molar-refractivity contribution < 1.29 is 106 Å². The van der Waals surface area contributed by atoms with Gasteiger partial charge in [0.05, 0.1) is 53.5 Å². The number of imide groups is 1. The Morgan fingerprint density at radius 1 is 0.802 bits per heavy atom. The maximum Gasteiger partial charge on any atom is 0.341 e. The third-order valence-electron chi connectivity index (χ3n) is 25.8. The quantitative estimate of drug-likeness (QED) is 0.00714. The number of nitrogens with two attached hydrogens (primary N) is 1. The van der Waals surface area contributed by atoms with Crippen LogP contribution in [0, 0.1) is 42.3 Å². The van der Waals surface area contributed by atoms with Crippen LogP contribution < -0.4 is 72.5 Å². The molecule has 9 aliphatic rings. The van der Waals surface area contributed by atoms with E-state index in [9.17, 15) is 68.4 Å². The smallest absolute Gasteiger partial charge is 0.341 e. The monoisotopic (exact) mass is 1810 g/mol. The molecule has 7 aliphatic heterocycles. The van der Waals surface area contributed by atoms with Crippen LogP contribution in [0.5, 0.6) is 23.0 Å². The molecule has 4 aromatic carbocycles. The highest BCUT2D eigenvalue weighted by molar-refractivity contribution is 6.23. The summed E-state index contributed by atoms with van der Waals surface area (Å²) in [5.74, 6) is -13.4. The second-order valence-corrected chi connectivity index (χ2v) is 35.4. The van der Waals surface area contributed by atoms with Crippen LogP contribution in [0.15, 0.2) is 111 Å². The number of nitrogens with zero attached hydrogens (tertiary/aromatic N) is 5. The second kappa shape index (κ2) is 40.7. The van der Waals surface area contributed by atoms with Crippen molar-refractivity contribution in [2.45, 2.75) is 213 Å². The SMILES string of the molecule is COc1c(N2CCC(NC3CCN(c4cc(OCc5ccc(NC(=O)[C@H](CCCNC(N)=O)NC(=O)[C@@H](NC(=O)CCCCCN6C(=O)C=CC6=O)C(C)C)cc5)c5nc6c7c8c9c(C)c(O)c7c(=O)c(c-6oc5c4)NC(=O)C(C)=CC=C[C@H](C)[C@H](O)[C@@H](C)[C@@H](O)[C@@H](C)[C@H](OC(C)=O)[C@H](C)[C@@H](OC)C=CO[C@@](C)(O9)C8=O)CC3)CC2)c(F)cc2c(=O)c(C(=O)O)cn(C3CC3)c12. The van der Waals surface area contributed by atoms with E-state index in [4.69, 9.17) is 43.6 Å². The van der Waals surface area contributed by atoms with Crippen molar-refractivity contribution in [1.29, 1.82) is 0 Å². The van der Waals surface area contributed by atoms with Gasteiger partial charge in [-0.15, -0.1) is 0 Å². The van der Waals surface area contributed by atoms with Gasteiger partial charge in [0.1, 0.15) is 64.4 Å². The highest BCUT2D eigenvalue weighted by atomic mass is 19.1. The number of anilines is 4. The number of rotatable bonds is 28. The van der Waals surface area contributed by atoms with Gasteiger partial charge in [-0.2, -0.15) is 0 Å². The van der Waals surface area contributed by atoms with Crippen molar-refractivity contribution in [2.24, 2.45) is 35.3 Å². The van der Waals surface area contributed by atoms with Gasteiger partial charge in [0.15, 0.2) is 28.7 Å². The van der Waals surface area contributed by atoms with E-state index in [1.54, 1.807) is 94.7 Å². The van der Waals surface area contributed by atoms with E-state index in [1.807, 2.05) is 4.90 Å². The number of phenolic OH excluding ortho intramolecular Hbond substituents is 1. The molecule has 12 N–H and O–H groups in total. The van der Waals surface area contributed by atoms with Gasteiger partial charge in [-0.3, -0.25) is 52.8 Å². The van der Waals surface area contributed by atoms with Gasteiger partial charge in [0.25, 0.3) is 23.5 Å². The van der Waals surface area contributed by atoms with E-state index in [-0.39, 0.29) is 130 Å². The lowest BCUT2D eigenvalue weighted by molar-refractivity contribution is -0.160. The van der Waals surface area contributed by atoms with Crippen molar-refractivity contribution in [2.75, 3.05) is 73.9 Å². The first-order valence-electron chi connectivity index (χ1n) is 44.5. The van der Waals surface area contributed by atoms with Crippen LogP contribution in [0.3, 0.4) is 0 Å². The fraction of sp³-hybridized carbons (Fsp3) is 0.484. The number of aliphatic hydroxyl groups is 2. The Morgan fingerprint density at radius 3 is 2.11 bits per heavy atom. The van der Waals surface area contributed by atoms with Crippen molar-refractivity contribution >= 4 is 115 Å². The minimum Gasteiger partial charge on any atom is -0.507 e. The number of unbranched alkanes of at least 4 members (excludes halogenated alkanes) is 2. The molecule has 0 spiro atoms. The van der Waals surface area contributed by atoms with Gasteiger partial charge in [-0.05, 0) is 114 Å². The van der Waals surface area contributed by atoms with E-state index in [0.717, 1.165) is 23.8 Å². The summed E-state index contributed by atoms with van der Waals surface area (Å²) in [5.41, 5.74) is 4.18. The molecule has 2 saturated heterocycles. The number of aliphatic hydroxyl groups excluding tert-OH is 2. The molecule has 36 heteroatoms. The number of aromatic nitrogens is 2. The number of urea groups is 1. The maximum atomic E-state index is 16.5. The zero-order valence-electron chi connectivity index (χ0n) is 75.4. The molecule has 0 radical (unpaired) electrons. The summed E-state index contributed by atoms with van der Waals surface area (Å²) in [5, 5.41) is 62.9. The third kappa shape index (κ3) is 20.8. The Hall–Kier alpha value is -12.8. The summed E-state index contributed by atoms with van der Waals surface area (Å²) in [6, 6.07) is 8.04. The van der Waals surface area contributed by atoms with E-state index in [1.165, 1.54) is 78.7 Å². The number of fused-ring (bicyclic) bond motifs is 15. The van der Waals surface area contributed by atoms with Gasteiger partial charge >= 0.3 is 23.8 Å². The number of phenols is 1. The number of allylic oxidation sites excluding steroid dienone is 2. The molecule has 0 unspecified atom stereocenters. The first-order valence-corrected chi connectivity index (χ1v) is 44.5. The number of benzene rings is 5. The van der Waals surface area contributed by atoms with Gasteiger partial charge < -0.3 is 105 Å². The molecule has 11 atom stereocenters. The van der Waals surface area contributed by atoms with Crippen molar-refractivity contribution in [3.63, 3.8) is 0 Å². The molecule has 14 rings (SSSR count). The standard InChI is InChI=1S/C95H115FN12O23/c1-47(2)74(102-68(110)21-14-13-15-36-107-69(111)28-29-70(107)112)92(121)101-64(20-17-35-98-94(97)124)91(120)100-56-24-22-55(23-25-56)46-127-66-42-60(105-37-30-57(31-38-105)99-58-32-39-106(40-33-58)79-63(96)44-61-78(88(79)126-12)108(59-26-27-59)45-62(83(61)116)93(122)123)43-67-75(66)103-76-71-72-82(115)53(8)86-73(71)89(118)95(10,131-86)128-41-34-65(125-11)50(5)85(129-54(9)109)52(7)81(114)51(6)80(113)48(3)18-16-19-49(4)90(119)104-77(84(72)117)87(76)130-67/h16,18-19,22-25,28-29,34,41-45,47-48,50-52,57-59,64-65,74,80-81,85,99,113-115H,13-15,17,20-21,26-27,30-33,35-40,46H2,1-12H3,(H,100,120)(H,101,121)(H,102,110)(H,104,119)(H,122,123)(H3,97,98,124)/t48-,50+,51+,52+,64-,65-,74-,80-,81+,85+,95-/m0/s1. The summed E-state index contributed by atoms with van der Waals surface area (Å²) >= 11 is 0. The van der Waals surface area contributed by atoms with Crippen LogP contribution in [-0.4, -0.2) is 202 Å². The number of ether oxygens (including phenoxy) is 6. The fourth-order valence-electron chi connectivity index (χ4n) is 18.1. The number of esters is 1. The van der Waals surface area contributed by atoms with Gasteiger partial charge in [0, 0.05) is 167 Å². The minimum atomic E-state index is -2.24. The summed E-state index contributed by atoms with van der Waals surface area (Å²) < 4.78 is 62.6. The molecule has 3 fully saturated rings. The number of Topliss-reactive ketones (excluding diaryl/α,β-unsaturated/α-hetero) is 1. The Kier molecular flexibility index (Phi) is 29.8. The number of pyridine rings is 1. The van der Waals surface area contributed by atoms with Gasteiger partial charge in [-0.1, -0.05) is 78.3 Å². The van der Waals surface area contributed by atoms with Crippen molar-refractivity contribution in [1.82, 2.24) is 35.7 Å². The first kappa shape index (κ1) is 95.8. The van der Waals surface area contributed by atoms with Crippen LogP contribution in [0.2, 0.25) is 0 Å². The number of piperidine rings is 2. The lowest BCUT2D eigenvalue weighted by Gasteiger charge is -2.39. The van der Waals surface area contributed by atoms with Crippen molar-refractivity contribution in [3.8, 4) is 34.5 Å². The number of carboxylic acid groups (broad SMARTS) is 1. The number of halogens is 1. The van der Waals surface area contributed by atoms with Gasteiger partial charge in [0.2, 0.25) is 28.6 Å². The Labute approximate surface area is 755 Å². The number of hydrogen-bond acceptors (Lipinski definition) is 26. The predicted molar refractivity (Wildman–Crippen MR) is 484 cm³/mol. The van der Waals surface area contributed by atoms with Gasteiger partial charge in [-0.25, -0.2) is 19.0 Å². The number of aromatic carboxylic acids is 1. The molecule has 1 aromatic heterocycles. The maximum absolute atomic E-state index is 16.5. The number of hydrogen-bond donors (Lipinski definition) is 11. The van der Waals surface area contributed by atoms with E-state index in [2.05, 4.69) is 36.8 Å². The lowest BCUT2D eigenvalue weighted by atomic mass is 9.78. The van der Waals surface area contributed by atoms with Crippen LogP contribution in [0.1, 0.15) is 177 Å². The van der Waals surface area contributed by atoms with E-state index < -0.39 is 170 Å². The lowest BCUT2D eigenvalue weighted by Crippen LogP contribution is -2.54. The molecule has 1 saturated carbocycles. The Balaban J connectivity index is 0.825. The number of aromatic hydroxyl groups is 1. The highest BCUT2D eigenvalue weighted by Crippen LogP contribution is 2.52. The number of carboxylic acids is 1. The molecular formula is C95H115FN12O23. The molecule has 8 amide bonds. The van der Waals surface area contributed by atoms with Crippen molar-refractivity contribution in [3.05, 3.63) is 145 Å². The number of carbonyl (C=O) groups excluding carboxylic acids is 9. The molecule has 2 aliphatic carbocycles. The predicted octanol–water partition coefficient (Wildman–Crippen LogP) is 9.75. The number of methoxy groups -OCH3 is 2. The highest BCUT2D eigenvalue weighted by Gasteiger charge is 2.51. The third-order valence-corrected chi connectivity index (χ3v) is 25.8. The number of carbonyl (C=O) groups is 10. The van der Waals surface area contributed by atoms with Crippen LogP contribution in [0.4, 0.5) is 31.9 Å². The van der Waals surface area contributed by atoms with Crippen LogP contribution in [-0.2, 0) is 54.4 Å². The first-order chi connectivity index (χ1) is 62.4. The number of ketones is 1. The Morgan fingerprint density at radius 2 is 1.48 bits per heavy atom. The fourth-order valence-corrected chi connectivity index (χ4v) is 18.1. The molecule has 35 nitrogen and oxygen atoms in total. The summed E-state index contributed by atoms with van der Waals surface area (Å²) in [4.78, 5) is 173. The number of amides is 8. The topological polar surface area (TPSA) is 480 Å². The average molecular weight is 1810 g/mol. The minimum absolute atomic E-state index is 0.00308.